The molecule has 1 rings (SSSR count). The number of para-hydroxylation sites is 1. The Labute approximate surface area is 120 Å². The zero-order valence-electron chi connectivity index (χ0n) is 12.5. The Morgan fingerprint density at radius 1 is 1.15 bits per heavy atom. The predicted octanol–water partition coefficient (Wildman–Crippen LogP) is 1.71. The van der Waals surface area contributed by atoms with E-state index in [4.69, 9.17) is 9.47 Å². The lowest BCUT2D eigenvalue weighted by atomic mass is 10.2. The molecular formula is C15H24N2O3. The third-order valence-corrected chi connectivity index (χ3v) is 2.65. The second-order valence-electron chi connectivity index (χ2n) is 4.20. The largest absolute Gasteiger partial charge is 0.490 e. The fourth-order valence-corrected chi connectivity index (χ4v) is 1.78. The van der Waals surface area contributed by atoms with Crippen LogP contribution in [-0.2, 0) is 11.3 Å². The number of rotatable bonds is 9. The van der Waals surface area contributed by atoms with Gasteiger partial charge in [-0.3, -0.25) is 4.79 Å². The Balaban J connectivity index is 2.83. The van der Waals surface area contributed by atoms with Gasteiger partial charge in [0.05, 0.1) is 6.61 Å². The van der Waals surface area contributed by atoms with E-state index < -0.39 is 0 Å². The maximum atomic E-state index is 11.5. The fourth-order valence-electron chi connectivity index (χ4n) is 1.78. The van der Waals surface area contributed by atoms with Gasteiger partial charge in [0.25, 0.3) is 5.91 Å². The summed E-state index contributed by atoms with van der Waals surface area (Å²) in [7, 11) is 0. The summed E-state index contributed by atoms with van der Waals surface area (Å²) in [6, 6.07) is 5.75. The Bertz CT molecular complexity index is 422. The Morgan fingerprint density at radius 2 is 1.95 bits per heavy atom. The lowest BCUT2D eigenvalue weighted by Gasteiger charge is -2.16. The number of carbonyl (C=O) groups is 1. The first-order valence-corrected chi connectivity index (χ1v) is 7.07. The molecule has 112 valence electrons. The summed E-state index contributed by atoms with van der Waals surface area (Å²) < 4.78 is 11.2. The van der Waals surface area contributed by atoms with E-state index in [1.807, 2.05) is 39.0 Å². The molecule has 0 saturated heterocycles. The summed E-state index contributed by atoms with van der Waals surface area (Å²) >= 11 is 0. The van der Waals surface area contributed by atoms with Gasteiger partial charge in [-0.1, -0.05) is 19.1 Å². The van der Waals surface area contributed by atoms with Crippen molar-refractivity contribution in [3.63, 3.8) is 0 Å². The first-order chi connectivity index (χ1) is 9.72. The molecule has 2 N–H and O–H groups in total. The molecule has 20 heavy (non-hydrogen) atoms. The molecule has 1 aromatic carbocycles. The second kappa shape index (κ2) is 9.20. The minimum Gasteiger partial charge on any atom is -0.490 e. The normalized spacial score (nSPS) is 10.2. The van der Waals surface area contributed by atoms with Crippen LogP contribution in [0.3, 0.4) is 0 Å². The lowest BCUT2D eigenvalue weighted by Crippen LogP contribution is -2.28. The molecule has 0 aliphatic rings. The van der Waals surface area contributed by atoms with Gasteiger partial charge in [-0.05, 0) is 26.5 Å². The Hall–Kier alpha value is -1.75. The number of likely N-dealkylation sites (N-methyl/N-ethyl adjacent to an activating group) is 1. The SMILES string of the molecule is CCNCc1cccc(OCC)c1OCC(=O)NCC. The number of hydrogen-bond acceptors (Lipinski definition) is 4. The van der Waals surface area contributed by atoms with Gasteiger partial charge in [0.1, 0.15) is 0 Å². The van der Waals surface area contributed by atoms with Crippen LogP contribution in [-0.4, -0.2) is 32.2 Å². The number of nitrogens with one attached hydrogen (secondary N) is 2. The molecule has 0 fully saturated rings. The van der Waals surface area contributed by atoms with Crippen LogP contribution in [0.4, 0.5) is 0 Å². The zero-order chi connectivity index (χ0) is 14.8. The van der Waals surface area contributed by atoms with Crippen LogP contribution in [0.25, 0.3) is 0 Å². The molecule has 0 unspecified atom stereocenters. The molecule has 0 aliphatic heterocycles. The second-order valence-corrected chi connectivity index (χ2v) is 4.20. The van der Waals surface area contributed by atoms with E-state index in [1.54, 1.807) is 0 Å². The minimum absolute atomic E-state index is 0.00292. The van der Waals surface area contributed by atoms with Crippen molar-refractivity contribution < 1.29 is 14.3 Å². The number of carbonyl (C=O) groups excluding carboxylic acids is 1. The van der Waals surface area contributed by atoms with Crippen LogP contribution in [0.2, 0.25) is 0 Å². The smallest absolute Gasteiger partial charge is 0.257 e. The predicted molar refractivity (Wildman–Crippen MR) is 79.2 cm³/mol. The topological polar surface area (TPSA) is 59.6 Å². The van der Waals surface area contributed by atoms with Crippen molar-refractivity contribution in [2.45, 2.75) is 27.3 Å². The van der Waals surface area contributed by atoms with Crippen LogP contribution in [0.5, 0.6) is 11.5 Å². The van der Waals surface area contributed by atoms with Crippen molar-refractivity contribution in [2.75, 3.05) is 26.3 Å². The van der Waals surface area contributed by atoms with Gasteiger partial charge in [0.2, 0.25) is 0 Å². The number of hydrogen-bond donors (Lipinski definition) is 2. The first-order valence-electron chi connectivity index (χ1n) is 7.07. The zero-order valence-corrected chi connectivity index (χ0v) is 12.5. The number of benzene rings is 1. The molecule has 0 bridgehead atoms. The molecule has 0 atom stereocenters. The molecule has 0 heterocycles. The number of amides is 1. The number of ether oxygens (including phenoxy) is 2. The van der Waals surface area contributed by atoms with Gasteiger partial charge < -0.3 is 20.1 Å². The summed E-state index contributed by atoms with van der Waals surface area (Å²) in [6.45, 7) is 8.55. The molecule has 0 aliphatic carbocycles. The van der Waals surface area contributed by atoms with Crippen LogP contribution >= 0.6 is 0 Å². The average molecular weight is 280 g/mol. The molecule has 5 heteroatoms. The Kier molecular flexibility index (Phi) is 7.50. The molecular weight excluding hydrogens is 256 g/mol. The highest BCUT2D eigenvalue weighted by Crippen LogP contribution is 2.31. The maximum Gasteiger partial charge on any atom is 0.257 e. The van der Waals surface area contributed by atoms with E-state index in [2.05, 4.69) is 10.6 Å². The van der Waals surface area contributed by atoms with Gasteiger partial charge in [0.15, 0.2) is 18.1 Å². The summed E-state index contributed by atoms with van der Waals surface area (Å²) in [4.78, 5) is 11.5. The van der Waals surface area contributed by atoms with Crippen LogP contribution < -0.4 is 20.1 Å². The highest BCUT2D eigenvalue weighted by atomic mass is 16.5. The molecule has 0 aromatic heterocycles. The van der Waals surface area contributed by atoms with Gasteiger partial charge in [-0.25, -0.2) is 0 Å². The van der Waals surface area contributed by atoms with E-state index in [0.29, 0.717) is 31.2 Å². The Morgan fingerprint density at radius 3 is 2.60 bits per heavy atom. The molecule has 5 nitrogen and oxygen atoms in total. The van der Waals surface area contributed by atoms with Crippen LogP contribution in [0.1, 0.15) is 26.3 Å². The average Bonchev–Trinajstić information content (AvgIpc) is 2.44. The maximum absolute atomic E-state index is 11.5. The van der Waals surface area contributed by atoms with Crippen molar-refractivity contribution in [3.8, 4) is 11.5 Å². The van der Waals surface area contributed by atoms with Crippen LogP contribution in [0, 0.1) is 0 Å². The highest BCUT2D eigenvalue weighted by Gasteiger charge is 2.12. The highest BCUT2D eigenvalue weighted by molar-refractivity contribution is 5.77. The minimum atomic E-state index is -0.131. The van der Waals surface area contributed by atoms with E-state index in [0.717, 1.165) is 12.1 Å². The van der Waals surface area contributed by atoms with Crippen molar-refractivity contribution in [2.24, 2.45) is 0 Å². The first kappa shape index (κ1) is 16.3. The van der Waals surface area contributed by atoms with Gasteiger partial charge in [0, 0.05) is 18.7 Å². The molecule has 1 amide bonds. The monoisotopic (exact) mass is 280 g/mol. The summed E-state index contributed by atoms with van der Waals surface area (Å²) in [6.07, 6.45) is 0. The van der Waals surface area contributed by atoms with Crippen LogP contribution in [0.15, 0.2) is 18.2 Å². The van der Waals surface area contributed by atoms with E-state index in [9.17, 15) is 4.79 Å². The third kappa shape index (κ3) is 5.09. The fraction of sp³-hybridized carbons (Fsp3) is 0.533. The summed E-state index contributed by atoms with van der Waals surface area (Å²) in [5.41, 5.74) is 0.988. The van der Waals surface area contributed by atoms with Crippen molar-refractivity contribution in [3.05, 3.63) is 23.8 Å². The summed E-state index contributed by atoms with van der Waals surface area (Å²) in [5, 5.41) is 5.96. The van der Waals surface area contributed by atoms with Crippen molar-refractivity contribution in [1.82, 2.24) is 10.6 Å². The molecule has 0 saturated carbocycles. The van der Waals surface area contributed by atoms with Gasteiger partial charge >= 0.3 is 0 Å². The standard InChI is InChI=1S/C15H24N2O3/c1-4-16-10-12-8-7-9-13(19-6-3)15(12)20-11-14(18)17-5-2/h7-9,16H,4-6,10-11H2,1-3H3,(H,17,18). The van der Waals surface area contributed by atoms with E-state index in [1.165, 1.54) is 0 Å². The third-order valence-electron chi connectivity index (χ3n) is 2.65. The van der Waals surface area contributed by atoms with Gasteiger partial charge in [-0.15, -0.1) is 0 Å². The van der Waals surface area contributed by atoms with Crippen molar-refractivity contribution >= 4 is 5.91 Å². The molecule has 0 spiro atoms. The summed E-state index contributed by atoms with van der Waals surface area (Å²) in [5.74, 6) is 1.18. The van der Waals surface area contributed by atoms with E-state index in [-0.39, 0.29) is 12.5 Å². The van der Waals surface area contributed by atoms with Gasteiger partial charge in [-0.2, -0.15) is 0 Å². The quantitative estimate of drug-likeness (QED) is 0.723. The van der Waals surface area contributed by atoms with E-state index >= 15 is 0 Å². The lowest BCUT2D eigenvalue weighted by molar-refractivity contribution is -0.123. The molecule has 0 radical (unpaired) electrons. The molecule has 1 aromatic rings. The van der Waals surface area contributed by atoms with Crippen molar-refractivity contribution in [1.29, 1.82) is 0 Å².